The maximum Gasteiger partial charge on any atom is 0.224 e. The van der Waals surface area contributed by atoms with Crippen molar-refractivity contribution in [2.24, 2.45) is 16.7 Å². The Kier molecular flexibility index (Phi) is 4.55. The first-order chi connectivity index (χ1) is 7.85. The molecule has 0 unspecified atom stereocenters. The van der Waals surface area contributed by atoms with Crippen LogP contribution in [0.1, 0.15) is 34.1 Å². The zero-order chi connectivity index (χ0) is 13.1. The molecule has 0 radical (unpaired) electrons. The van der Waals surface area contributed by atoms with Gasteiger partial charge in [-0.1, -0.05) is 27.7 Å². The average molecular weight is 243 g/mol. The lowest BCUT2D eigenvalue weighted by molar-refractivity contribution is -0.123. The van der Waals surface area contributed by atoms with Gasteiger partial charge in [0.1, 0.15) is 0 Å². The molecule has 2 N–H and O–H groups in total. The molecule has 0 aromatic carbocycles. The second-order valence-corrected chi connectivity index (χ2v) is 5.86. The van der Waals surface area contributed by atoms with E-state index in [0.717, 1.165) is 6.42 Å². The molecule has 0 saturated heterocycles. The highest BCUT2D eigenvalue weighted by molar-refractivity contribution is 5.84. The number of amides is 1. The fourth-order valence-electron chi connectivity index (χ4n) is 2.51. The average Bonchev–Trinajstić information content (AvgIpc) is 2.63. The molecule has 0 atom stereocenters. The van der Waals surface area contributed by atoms with Gasteiger partial charge in [0.2, 0.25) is 5.91 Å². The lowest BCUT2D eigenvalue weighted by atomic mass is 10.0. The van der Waals surface area contributed by atoms with E-state index in [1.165, 1.54) is 0 Å². The number of ether oxygens (including phenoxy) is 1. The summed E-state index contributed by atoms with van der Waals surface area (Å²) in [5, 5.41) is 11.5. The van der Waals surface area contributed by atoms with E-state index in [1.807, 2.05) is 0 Å². The van der Waals surface area contributed by atoms with Crippen LogP contribution < -0.4 is 5.32 Å². The van der Waals surface area contributed by atoms with Gasteiger partial charge in [-0.2, -0.15) is 0 Å². The van der Waals surface area contributed by atoms with Crippen LogP contribution in [0.3, 0.4) is 0 Å². The summed E-state index contributed by atoms with van der Waals surface area (Å²) >= 11 is 0. The van der Waals surface area contributed by atoms with Crippen molar-refractivity contribution in [3.63, 3.8) is 0 Å². The van der Waals surface area contributed by atoms with Crippen LogP contribution in [0.25, 0.3) is 0 Å². The van der Waals surface area contributed by atoms with Crippen LogP contribution in [-0.4, -0.2) is 37.4 Å². The van der Waals surface area contributed by atoms with Crippen molar-refractivity contribution >= 4 is 5.91 Å². The van der Waals surface area contributed by atoms with Crippen LogP contribution in [0.4, 0.5) is 0 Å². The van der Waals surface area contributed by atoms with Gasteiger partial charge in [0.05, 0.1) is 13.2 Å². The molecule has 1 aliphatic carbocycles. The van der Waals surface area contributed by atoms with E-state index in [0.29, 0.717) is 19.8 Å². The first-order valence-electron chi connectivity index (χ1n) is 6.32. The van der Waals surface area contributed by atoms with E-state index >= 15 is 0 Å². The SMILES string of the molecule is CC1(C)C(C(=O)NCCCOCCO)C1(C)C. The topological polar surface area (TPSA) is 58.6 Å². The smallest absolute Gasteiger partial charge is 0.224 e. The zero-order valence-electron chi connectivity index (χ0n) is 11.4. The number of hydrogen-bond acceptors (Lipinski definition) is 3. The second-order valence-electron chi connectivity index (χ2n) is 5.86. The number of nitrogens with one attached hydrogen (secondary N) is 1. The number of carbonyl (C=O) groups is 1. The summed E-state index contributed by atoms with van der Waals surface area (Å²) in [5.74, 6) is 0.274. The molecule has 0 aromatic heterocycles. The summed E-state index contributed by atoms with van der Waals surface area (Å²) in [6.45, 7) is 10.2. The van der Waals surface area contributed by atoms with E-state index in [-0.39, 0.29) is 29.3 Å². The standard InChI is InChI=1S/C13H25NO3/c1-12(2)10(13(12,3)4)11(16)14-6-5-8-17-9-7-15/h10,15H,5-9H2,1-4H3,(H,14,16). The molecule has 1 saturated carbocycles. The molecule has 0 spiro atoms. The fourth-order valence-corrected chi connectivity index (χ4v) is 2.51. The van der Waals surface area contributed by atoms with Crippen molar-refractivity contribution in [3.8, 4) is 0 Å². The Morgan fingerprint density at radius 3 is 2.29 bits per heavy atom. The van der Waals surface area contributed by atoms with Gasteiger partial charge >= 0.3 is 0 Å². The molecule has 0 aliphatic heterocycles. The minimum Gasteiger partial charge on any atom is -0.394 e. The minimum absolute atomic E-state index is 0.0524. The van der Waals surface area contributed by atoms with Crippen molar-refractivity contribution in [1.82, 2.24) is 5.32 Å². The molecule has 100 valence electrons. The van der Waals surface area contributed by atoms with Crippen molar-refractivity contribution in [2.45, 2.75) is 34.1 Å². The lowest BCUT2D eigenvalue weighted by Gasteiger charge is -2.06. The predicted molar refractivity (Wildman–Crippen MR) is 66.6 cm³/mol. The molecular formula is C13H25NO3. The molecule has 0 aromatic rings. The van der Waals surface area contributed by atoms with Crippen molar-refractivity contribution in [3.05, 3.63) is 0 Å². The molecule has 4 heteroatoms. The Hall–Kier alpha value is -0.610. The van der Waals surface area contributed by atoms with E-state index in [2.05, 4.69) is 33.0 Å². The summed E-state index contributed by atoms with van der Waals surface area (Å²) in [7, 11) is 0. The van der Waals surface area contributed by atoms with E-state index in [1.54, 1.807) is 0 Å². The van der Waals surface area contributed by atoms with E-state index in [9.17, 15) is 4.79 Å². The number of hydrogen-bond donors (Lipinski definition) is 2. The van der Waals surface area contributed by atoms with Crippen LogP contribution in [0, 0.1) is 16.7 Å². The Morgan fingerprint density at radius 1 is 1.24 bits per heavy atom. The number of rotatable bonds is 7. The second kappa shape index (κ2) is 5.36. The fraction of sp³-hybridized carbons (Fsp3) is 0.923. The minimum atomic E-state index is 0.0524. The van der Waals surface area contributed by atoms with Gasteiger partial charge in [0, 0.05) is 19.1 Å². The van der Waals surface area contributed by atoms with Crippen LogP contribution in [0.5, 0.6) is 0 Å². The van der Waals surface area contributed by atoms with Crippen LogP contribution >= 0.6 is 0 Å². The maximum atomic E-state index is 11.9. The number of aliphatic hydroxyl groups is 1. The third kappa shape index (κ3) is 2.99. The van der Waals surface area contributed by atoms with Gasteiger partial charge in [0.15, 0.2) is 0 Å². The quantitative estimate of drug-likeness (QED) is 0.660. The lowest BCUT2D eigenvalue weighted by Crippen LogP contribution is -2.29. The Labute approximate surface area is 104 Å². The van der Waals surface area contributed by atoms with Crippen LogP contribution in [0.15, 0.2) is 0 Å². The highest BCUT2D eigenvalue weighted by atomic mass is 16.5. The Morgan fingerprint density at radius 2 is 1.82 bits per heavy atom. The Balaban J connectivity index is 2.15. The first kappa shape index (κ1) is 14.5. The molecule has 1 amide bonds. The monoisotopic (exact) mass is 243 g/mol. The predicted octanol–water partition coefficient (Wildman–Crippen LogP) is 1.18. The van der Waals surface area contributed by atoms with Gasteiger partial charge in [-0.15, -0.1) is 0 Å². The molecule has 4 nitrogen and oxygen atoms in total. The highest BCUT2D eigenvalue weighted by Crippen LogP contribution is 2.68. The largest absolute Gasteiger partial charge is 0.394 e. The van der Waals surface area contributed by atoms with Gasteiger partial charge in [0.25, 0.3) is 0 Å². The summed E-state index contributed by atoms with van der Waals surface area (Å²) in [6.07, 6.45) is 0.791. The van der Waals surface area contributed by atoms with Gasteiger partial charge in [-0.3, -0.25) is 4.79 Å². The van der Waals surface area contributed by atoms with Crippen molar-refractivity contribution in [1.29, 1.82) is 0 Å². The van der Waals surface area contributed by atoms with Crippen LogP contribution in [0.2, 0.25) is 0 Å². The molecule has 1 rings (SSSR count). The number of aliphatic hydroxyl groups excluding tert-OH is 1. The maximum absolute atomic E-state index is 11.9. The van der Waals surface area contributed by atoms with E-state index < -0.39 is 0 Å². The van der Waals surface area contributed by atoms with E-state index in [4.69, 9.17) is 9.84 Å². The molecule has 0 bridgehead atoms. The van der Waals surface area contributed by atoms with Crippen molar-refractivity contribution in [2.75, 3.05) is 26.4 Å². The van der Waals surface area contributed by atoms with Gasteiger partial charge in [-0.25, -0.2) is 0 Å². The Bertz CT molecular complexity index is 260. The van der Waals surface area contributed by atoms with Crippen molar-refractivity contribution < 1.29 is 14.6 Å². The summed E-state index contributed by atoms with van der Waals surface area (Å²) in [4.78, 5) is 11.9. The van der Waals surface area contributed by atoms with Crippen LogP contribution in [-0.2, 0) is 9.53 Å². The van der Waals surface area contributed by atoms with Gasteiger partial charge in [-0.05, 0) is 17.3 Å². The normalized spacial score (nSPS) is 21.2. The van der Waals surface area contributed by atoms with Gasteiger partial charge < -0.3 is 15.2 Å². The summed E-state index contributed by atoms with van der Waals surface area (Å²) in [5.41, 5.74) is 0.203. The summed E-state index contributed by atoms with van der Waals surface area (Å²) < 4.78 is 5.12. The molecule has 1 aliphatic rings. The number of carbonyl (C=O) groups excluding carboxylic acids is 1. The third-order valence-corrected chi connectivity index (χ3v) is 4.28. The molecule has 17 heavy (non-hydrogen) atoms. The molecular weight excluding hydrogens is 218 g/mol. The molecule has 1 fully saturated rings. The molecule has 0 heterocycles. The first-order valence-corrected chi connectivity index (χ1v) is 6.32. The third-order valence-electron chi connectivity index (χ3n) is 4.28. The summed E-state index contributed by atoms with van der Waals surface area (Å²) in [6, 6.07) is 0. The zero-order valence-corrected chi connectivity index (χ0v) is 11.4. The highest BCUT2D eigenvalue weighted by Gasteiger charge is 2.68.